The highest BCUT2D eigenvalue weighted by Crippen LogP contribution is 2.26. The van der Waals surface area contributed by atoms with E-state index in [0.29, 0.717) is 5.92 Å². The van der Waals surface area contributed by atoms with E-state index < -0.39 is 0 Å². The maximum absolute atomic E-state index is 4.35. The van der Waals surface area contributed by atoms with E-state index >= 15 is 0 Å². The molecule has 0 saturated heterocycles. The lowest BCUT2D eigenvalue weighted by Gasteiger charge is -2.14. The van der Waals surface area contributed by atoms with E-state index in [1.54, 1.807) is 6.33 Å². The summed E-state index contributed by atoms with van der Waals surface area (Å²) in [6.07, 6.45) is 2.64. The van der Waals surface area contributed by atoms with E-state index in [-0.39, 0.29) is 0 Å². The molecular weight excluding hydrogens is 264 g/mol. The number of halogens is 1. The molecule has 1 atom stereocenters. The van der Waals surface area contributed by atoms with Gasteiger partial charge in [-0.1, -0.05) is 37.3 Å². The maximum Gasteiger partial charge on any atom is 0.116 e. The van der Waals surface area contributed by atoms with Crippen molar-refractivity contribution in [3.8, 4) is 0 Å². The minimum atomic E-state index is 0.348. The maximum atomic E-state index is 4.35. The summed E-state index contributed by atoms with van der Waals surface area (Å²) in [6.45, 7) is 2.17. The zero-order valence-corrected chi connectivity index (χ0v) is 10.7. The molecule has 16 heavy (non-hydrogen) atoms. The Morgan fingerprint density at radius 3 is 2.56 bits per heavy atom. The van der Waals surface area contributed by atoms with Crippen molar-refractivity contribution in [2.45, 2.75) is 19.3 Å². The number of rotatable bonds is 3. The zero-order chi connectivity index (χ0) is 11.4. The predicted octanol–water partition coefficient (Wildman–Crippen LogP) is 3.78. The van der Waals surface area contributed by atoms with Crippen LogP contribution in [0.1, 0.15) is 30.5 Å². The lowest BCUT2D eigenvalue weighted by atomic mass is 9.93. The van der Waals surface area contributed by atoms with Crippen molar-refractivity contribution in [2.75, 3.05) is 0 Å². The average Bonchev–Trinajstić information content (AvgIpc) is 2.31. The SMILES string of the molecule is CCC(c1ccccc1)c1cc(Br)ncn1. The molecule has 0 amide bonds. The normalized spacial score (nSPS) is 12.4. The Bertz CT molecular complexity index is 456. The second-order valence-corrected chi connectivity index (χ2v) is 4.45. The molecule has 1 heterocycles. The summed E-state index contributed by atoms with van der Waals surface area (Å²) in [4.78, 5) is 8.40. The second kappa shape index (κ2) is 5.21. The Kier molecular flexibility index (Phi) is 3.67. The second-order valence-electron chi connectivity index (χ2n) is 3.64. The van der Waals surface area contributed by atoms with E-state index in [0.717, 1.165) is 16.7 Å². The molecule has 1 aromatic heterocycles. The van der Waals surface area contributed by atoms with Gasteiger partial charge < -0.3 is 0 Å². The minimum Gasteiger partial charge on any atom is -0.241 e. The number of nitrogens with zero attached hydrogens (tertiary/aromatic N) is 2. The van der Waals surface area contributed by atoms with Crippen LogP contribution in [0, 0.1) is 0 Å². The van der Waals surface area contributed by atoms with Gasteiger partial charge in [-0.05, 0) is 34.0 Å². The van der Waals surface area contributed by atoms with Crippen LogP contribution < -0.4 is 0 Å². The molecule has 0 saturated carbocycles. The third-order valence-corrected chi connectivity index (χ3v) is 3.06. The van der Waals surface area contributed by atoms with Gasteiger partial charge in [-0.25, -0.2) is 9.97 Å². The van der Waals surface area contributed by atoms with Gasteiger partial charge in [-0.15, -0.1) is 0 Å². The fourth-order valence-electron chi connectivity index (χ4n) is 1.84. The Labute approximate surface area is 104 Å². The van der Waals surface area contributed by atoms with Gasteiger partial charge in [0, 0.05) is 5.92 Å². The summed E-state index contributed by atoms with van der Waals surface area (Å²) in [6, 6.07) is 12.4. The molecule has 0 aliphatic rings. The van der Waals surface area contributed by atoms with Crippen LogP contribution >= 0.6 is 15.9 Å². The van der Waals surface area contributed by atoms with Crippen molar-refractivity contribution in [1.82, 2.24) is 9.97 Å². The first kappa shape index (κ1) is 11.3. The van der Waals surface area contributed by atoms with E-state index in [4.69, 9.17) is 0 Å². The Morgan fingerprint density at radius 1 is 1.19 bits per heavy atom. The van der Waals surface area contributed by atoms with Crippen LogP contribution in [0.2, 0.25) is 0 Å². The highest BCUT2D eigenvalue weighted by atomic mass is 79.9. The summed E-state index contributed by atoms with van der Waals surface area (Å²) in [5, 5.41) is 0. The summed E-state index contributed by atoms with van der Waals surface area (Å²) < 4.78 is 0.840. The number of aromatic nitrogens is 2. The molecule has 2 aromatic rings. The molecule has 0 bridgehead atoms. The quantitative estimate of drug-likeness (QED) is 0.798. The van der Waals surface area contributed by atoms with Crippen molar-refractivity contribution in [3.05, 3.63) is 58.6 Å². The molecule has 0 aliphatic heterocycles. The van der Waals surface area contributed by atoms with E-state index in [9.17, 15) is 0 Å². The van der Waals surface area contributed by atoms with Crippen LogP contribution in [0.3, 0.4) is 0 Å². The van der Waals surface area contributed by atoms with E-state index in [1.807, 2.05) is 12.1 Å². The van der Waals surface area contributed by atoms with Crippen LogP contribution in [0.4, 0.5) is 0 Å². The first-order valence-corrected chi connectivity index (χ1v) is 6.13. The first-order chi connectivity index (χ1) is 7.81. The van der Waals surface area contributed by atoms with Crippen molar-refractivity contribution in [1.29, 1.82) is 0 Å². The lowest BCUT2D eigenvalue weighted by molar-refractivity contribution is 0.743. The van der Waals surface area contributed by atoms with Gasteiger partial charge in [0.15, 0.2) is 0 Å². The van der Waals surface area contributed by atoms with Gasteiger partial charge >= 0.3 is 0 Å². The molecule has 1 aromatic carbocycles. The largest absolute Gasteiger partial charge is 0.241 e. The Hall–Kier alpha value is -1.22. The predicted molar refractivity (Wildman–Crippen MR) is 68.3 cm³/mol. The molecular formula is C13H13BrN2. The summed E-state index contributed by atoms with van der Waals surface area (Å²) >= 11 is 3.38. The minimum absolute atomic E-state index is 0.348. The van der Waals surface area contributed by atoms with Crippen molar-refractivity contribution in [2.24, 2.45) is 0 Å². The third-order valence-electron chi connectivity index (χ3n) is 2.62. The third kappa shape index (κ3) is 2.47. The summed E-state index contributed by atoms with van der Waals surface area (Å²) in [7, 11) is 0. The Morgan fingerprint density at radius 2 is 1.94 bits per heavy atom. The van der Waals surface area contributed by atoms with Gasteiger partial charge in [-0.3, -0.25) is 0 Å². The number of benzene rings is 1. The van der Waals surface area contributed by atoms with Gasteiger partial charge in [-0.2, -0.15) is 0 Å². The summed E-state index contributed by atoms with van der Waals surface area (Å²) in [5.74, 6) is 0.348. The van der Waals surface area contributed by atoms with E-state index in [1.165, 1.54) is 5.56 Å². The van der Waals surface area contributed by atoms with Gasteiger partial charge in [0.05, 0.1) is 5.69 Å². The van der Waals surface area contributed by atoms with Crippen LogP contribution in [0.15, 0.2) is 47.3 Å². The molecule has 82 valence electrons. The smallest absolute Gasteiger partial charge is 0.116 e. The molecule has 0 radical (unpaired) electrons. The molecule has 0 fully saturated rings. The average molecular weight is 277 g/mol. The highest BCUT2D eigenvalue weighted by molar-refractivity contribution is 9.10. The fraction of sp³-hybridized carbons (Fsp3) is 0.231. The highest BCUT2D eigenvalue weighted by Gasteiger charge is 2.13. The van der Waals surface area contributed by atoms with Crippen molar-refractivity contribution >= 4 is 15.9 Å². The molecule has 3 heteroatoms. The first-order valence-electron chi connectivity index (χ1n) is 5.33. The molecule has 2 rings (SSSR count). The van der Waals surface area contributed by atoms with Crippen molar-refractivity contribution in [3.63, 3.8) is 0 Å². The van der Waals surface area contributed by atoms with Gasteiger partial charge in [0.25, 0.3) is 0 Å². The standard InChI is InChI=1S/C13H13BrN2/c1-2-11(10-6-4-3-5-7-10)12-8-13(14)16-9-15-12/h3-9,11H,2H2,1H3. The topological polar surface area (TPSA) is 25.8 Å². The molecule has 1 unspecified atom stereocenters. The van der Waals surface area contributed by atoms with Crippen LogP contribution in [0.5, 0.6) is 0 Å². The van der Waals surface area contributed by atoms with E-state index in [2.05, 4.69) is 57.1 Å². The van der Waals surface area contributed by atoms with Crippen LogP contribution in [-0.2, 0) is 0 Å². The van der Waals surface area contributed by atoms with Gasteiger partial charge in [0.2, 0.25) is 0 Å². The fourth-order valence-corrected chi connectivity index (χ4v) is 2.16. The monoisotopic (exact) mass is 276 g/mol. The summed E-state index contributed by atoms with van der Waals surface area (Å²) in [5.41, 5.74) is 2.37. The van der Waals surface area contributed by atoms with Crippen LogP contribution in [0.25, 0.3) is 0 Å². The molecule has 0 N–H and O–H groups in total. The van der Waals surface area contributed by atoms with Gasteiger partial charge in [0.1, 0.15) is 10.9 Å². The molecule has 2 nitrogen and oxygen atoms in total. The number of hydrogen-bond acceptors (Lipinski definition) is 2. The Balaban J connectivity index is 2.37. The lowest BCUT2D eigenvalue weighted by Crippen LogP contribution is -2.02. The molecule has 0 aliphatic carbocycles. The van der Waals surface area contributed by atoms with Crippen molar-refractivity contribution < 1.29 is 0 Å². The zero-order valence-electron chi connectivity index (χ0n) is 9.10. The van der Waals surface area contributed by atoms with Crippen LogP contribution in [-0.4, -0.2) is 9.97 Å². The number of hydrogen-bond donors (Lipinski definition) is 0. The molecule has 0 spiro atoms.